The highest BCUT2D eigenvalue weighted by Crippen LogP contribution is 2.24. The van der Waals surface area contributed by atoms with E-state index in [-0.39, 0.29) is 0 Å². The summed E-state index contributed by atoms with van der Waals surface area (Å²) in [4.78, 5) is 0. The Hall–Kier alpha value is -1.31. The van der Waals surface area contributed by atoms with Crippen LogP contribution in [0.15, 0.2) is 45.3 Å². The van der Waals surface area contributed by atoms with Crippen LogP contribution in [-0.4, -0.2) is 0 Å². The van der Waals surface area contributed by atoms with Gasteiger partial charge in [0.25, 0.3) is 0 Å². The largest absolute Gasteiger partial charge is 0.380 e. The molecular weight excluding hydrogens is 368 g/mol. The van der Waals surface area contributed by atoms with E-state index in [9.17, 15) is 0 Å². The van der Waals surface area contributed by atoms with E-state index in [0.29, 0.717) is 5.56 Å². The molecule has 0 unspecified atom stereocenters. The molecule has 1 N–H and O–H groups in total. The quantitative estimate of drug-likeness (QED) is 0.813. The molecule has 96 valence electrons. The molecule has 0 aliphatic carbocycles. The van der Waals surface area contributed by atoms with Crippen LogP contribution in [0.2, 0.25) is 0 Å². The number of rotatable bonds is 3. The van der Waals surface area contributed by atoms with Gasteiger partial charge in [0, 0.05) is 21.2 Å². The molecule has 0 aliphatic heterocycles. The number of aryl methyl sites for hydroxylation is 1. The molecule has 2 aromatic carbocycles. The van der Waals surface area contributed by atoms with Crippen LogP contribution in [0.25, 0.3) is 0 Å². The van der Waals surface area contributed by atoms with Crippen molar-refractivity contribution in [3.05, 3.63) is 62.0 Å². The monoisotopic (exact) mass is 378 g/mol. The first-order valence-corrected chi connectivity index (χ1v) is 7.37. The molecule has 0 fully saturated rings. The van der Waals surface area contributed by atoms with Crippen molar-refractivity contribution in [1.82, 2.24) is 0 Å². The van der Waals surface area contributed by atoms with E-state index in [1.54, 1.807) is 6.07 Å². The van der Waals surface area contributed by atoms with Crippen molar-refractivity contribution in [2.45, 2.75) is 13.5 Å². The Balaban J connectivity index is 2.10. The van der Waals surface area contributed by atoms with Crippen LogP contribution in [0.3, 0.4) is 0 Å². The van der Waals surface area contributed by atoms with E-state index in [1.807, 2.05) is 12.1 Å². The minimum Gasteiger partial charge on any atom is -0.380 e. The summed E-state index contributed by atoms with van der Waals surface area (Å²) >= 11 is 6.96. The summed E-state index contributed by atoms with van der Waals surface area (Å²) < 4.78 is 2.02. The van der Waals surface area contributed by atoms with Crippen molar-refractivity contribution >= 4 is 37.5 Å². The van der Waals surface area contributed by atoms with Gasteiger partial charge < -0.3 is 5.32 Å². The van der Waals surface area contributed by atoms with Crippen LogP contribution in [0, 0.1) is 18.3 Å². The molecule has 0 heterocycles. The number of hydrogen-bond acceptors (Lipinski definition) is 2. The van der Waals surface area contributed by atoms with Crippen LogP contribution >= 0.6 is 31.9 Å². The van der Waals surface area contributed by atoms with Crippen LogP contribution in [0.1, 0.15) is 16.7 Å². The molecule has 0 radical (unpaired) electrons. The Morgan fingerprint density at radius 1 is 1.11 bits per heavy atom. The Morgan fingerprint density at radius 2 is 1.89 bits per heavy atom. The second-order valence-corrected chi connectivity index (χ2v) is 5.95. The SMILES string of the molecule is Cc1cc(CNc2ccc(C#N)cc2Br)ccc1Br. The lowest BCUT2D eigenvalue weighted by Crippen LogP contribution is -2.00. The molecule has 0 bridgehead atoms. The number of hydrogen-bond donors (Lipinski definition) is 1. The van der Waals surface area contributed by atoms with E-state index in [4.69, 9.17) is 5.26 Å². The van der Waals surface area contributed by atoms with Gasteiger partial charge in [0.15, 0.2) is 0 Å². The lowest BCUT2D eigenvalue weighted by molar-refractivity contribution is 1.13. The molecule has 0 saturated carbocycles. The smallest absolute Gasteiger partial charge is 0.0992 e. The van der Waals surface area contributed by atoms with Crippen LogP contribution < -0.4 is 5.32 Å². The van der Waals surface area contributed by atoms with Gasteiger partial charge in [-0.15, -0.1) is 0 Å². The van der Waals surface area contributed by atoms with Gasteiger partial charge in [-0.1, -0.05) is 28.1 Å². The highest BCUT2D eigenvalue weighted by atomic mass is 79.9. The summed E-state index contributed by atoms with van der Waals surface area (Å²) in [6.07, 6.45) is 0. The number of halogens is 2. The number of benzene rings is 2. The summed E-state index contributed by atoms with van der Waals surface area (Å²) in [6, 6.07) is 13.9. The van der Waals surface area contributed by atoms with Gasteiger partial charge in [0.2, 0.25) is 0 Å². The molecule has 0 aromatic heterocycles. The summed E-state index contributed by atoms with van der Waals surface area (Å²) in [6.45, 7) is 2.82. The van der Waals surface area contributed by atoms with Crippen LogP contribution in [0.4, 0.5) is 5.69 Å². The lowest BCUT2D eigenvalue weighted by Gasteiger charge is -2.10. The maximum atomic E-state index is 8.82. The normalized spacial score (nSPS) is 10.0. The van der Waals surface area contributed by atoms with Gasteiger partial charge in [-0.25, -0.2) is 0 Å². The van der Waals surface area contributed by atoms with Crippen molar-refractivity contribution in [1.29, 1.82) is 5.26 Å². The zero-order valence-corrected chi connectivity index (χ0v) is 13.5. The van der Waals surface area contributed by atoms with Crippen molar-refractivity contribution in [3.8, 4) is 6.07 Å². The molecule has 2 aromatic rings. The van der Waals surface area contributed by atoms with Crippen LogP contribution in [0.5, 0.6) is 0 Å². The Kier molecular flexibility index (Phi) is 4.62. The zero-order chi connectivity index (χ0) is 13.8. The first-order chi connectivity index (χ1) is 9.10. The van der Waals surface area contributed by atoms with Crippen molar-refractivity contribution in [3.63, 3.8) is 0 Å². The van der Waals surface area contributed by atoms with E-state index >= 15 is 0 Å². The fourth-order valence-electron chi connectivity index (χ4n) is 1.74. The third-order valence-electron chi connectivity index (χ3n) is 2.80. The first-order valence-electron chi connectivity index (χ1n) is 5.78. The average Bonchev–Trinajstić information content (AvgIpc) is 2.41. The van der Waals surface area contributed by atoms with E-state index in [0.717, 1.165) is 21.2 Å². The third kappa shape index (κ3) is 3.59. The fraction of sp³-hybridized carbons (Fsp3) is 0.133. The van der Waals surface area contributed by atoms with Crippen molar-refractivity contribution in [2.24, 2.45) is 0 Å². The Morgan fingerprint density at radius 3 is 2.53 bits per heavy atom. The van der Waals surface area contributed by atoms with E-state index in [1.165, 1.54) is 11.1 Å². The first kappa shape index (κ1) is 14.1. The molecule has 19 heavy (non-hydrogen) atoms. The van der Waals surface area contributed by atoms with Gasteiger partial charge in [0.1, 0.15) is 0 Å². The Bertz CT molecular complexity index is 645. The summed E-state index contributed by atoms with van der Waals surface area (Å²) in [7, 11) is 0. The molecule has 0 atom stereocenters. The van der Waals surface area contributed by atoms with Crippen LogP contribution in [-0.2, 0) is 6.54 Å². The molecule has 0 amide bonds. The van der Waals surface area contributed by atoms with Gasteiger partial charge >= 0.3 is 0 Å². The van der Waals surface area contributed by atoms with Gasteiger partial charge in [-0.2, -0.15) is 5.26 Å². The second-order valence-electron chi connectivity index (χ2n) is 4.24. The predicted octanol–water partition coefficient (Wildman–Crippen LogP) is 5.00. The van der Waals surface area contributed by atoms with Gasteiger partial charge in [-0.05, 0) is 58.2 Å². The zero-order valence-electron chi connectivity index (χ0n) is 10.4. The van der Waals surface area contributed by atoms with Gasteiger partial charge in [0.05, 0.1) is 11.6 Å². The average molecular weight is 380 g/mol. The molecule has 2 nitrogen and oxygen atoms in total. The minimum atomic E-state index is 0.650. The van der Waals surface area contributed by atoms with Crippen molar-refractivity contribution < 1.29 is 0 Å². The highest BCUT2D eigenvalue weighted by molar-refractivity contribution is 9.10. The summed E-state index contributed by atoms with van der Waals surface area (Å²) in [5.74, 6) is 0. The number of nitrogens with one attached hydrogen (secondary N) is 1. The number of nitriles is 1. The molecule has 0 spiro atoms. The molecular formula is C15H12Br2N2. The van der Waals surface area contributed by atoms with E-state index < -0.39 is 0 Å². The number of nitrogens with zero attached hydrogens (tertiary/aromatic N) is 1. The molecule has 4 heteroatoms. The van der Waals surface area contributed by atoms with Gasteiger partial charge in [-0.3, -0.25) is 0 Å². The topological polar surface area (TPSA) is 35.8 Å². The Labute approximate surface area is 129 Å². The molecule has 0 saturated heterocycles. The van der Waals surface area contributed by atoms with E-state index in [2.05, 4.69) is 68.4 Å². The summed E-state index contributed by atoms with van der Waals surface area (Å²) in [5.41, 5.74) is 4.08. The standard InChI is InChI=1S/C15H12Br2N2/c1-10-6-12(2-4-13(10)16)9-19-15-5-3-11(8-18)7-14(15)17/h2-7,19H,9H2,1H3. The predicted molar refractivity (Wildman–Crippen MR) is 85.1 cm³/mol. The lowest BCUT2D eigenvalue weighted by atomic mass is 10.1. The van der Waals surface area contributed by atoms with Crippen molar-refractivity contribution in [2.75, 3.05) is 5.32 Å². The molecule has 0 aliphatic rings. The number of anilines is 1. The minimum absolute atomic E-state index is 0.650. The maximum Gasteiger partial charge on any atom is 0.0992 e. The fourth-order valence-corrected chi connectivity index (χ4v) is 2.51. The third-order valence-corrected chi connectivity index (χ3v) is 4.35. The summed E-state index contributed by atoms with van der Waals surface area (Å²) in [5, 5.41) is 12.2. The molecule has 2 rings (SSSR count). The highest BCUT2D eigenvalue weighted by Gasteiger charge is 2.02. The second kappa shape index (κ2) is 6.23. The maximum absolute atomic E-state index is 8.82.